The average molecular weight is 382 g/mol. The number of amides is 3. The van der Waals surface area contributed by atoms with Gasteiger partial charge in [-0.1, -0.05) is 30.3 Å². The molecule has 1 fully saturated rings. The number of hydrogen-bond donors (Lipinski definition) is 4. The average Bonchev–Trinajstić information content (AvgIpc) is 2.70. The number of ether oxygens (including phenoxy) is 1. The normalized spacial score (nSPS) is 17.4. The molecule has 2 aromatic rings. The lowest BCUT2D eigenvalue weighted by Crippen LogP contribution is -2.44. The molecule has 28 heavy (non-hydrogen) atoms. The fourth-order valence-electron chi connectivity index (χ4n) is 3.03. The minimum absolute atomic E-state index is 0.0139. The number of para-hydroxylation sites is 1. The number of nitrogens with one attached hydrogen (secondary N) is 4. The molecule has 0 spiro atoms. The smallest absolute Gasteiger partial charge is 0.323 e. The summed E-state index contributed by atoms with van der Waals surface area (Å²) in [5.41, 5.74) is 2.38. The summed E-state index contributed by atoms with van der Waals surface area (Å²) in [4.78, 5) is 24.2. The van der Waals surface area contributed by atoms with Crippen molar-refractivity contribution in [2.75, 3.05) is 30.4 Å². The molecule has 0 bridgehead atoms. The van der Waals surface area contributed by atoms with E-state index in [9.17, 15) is 9.59 Å². The van der Waals surface area contributed by atoms with Crippen molar-refractivity contribution < 1.29 is 14.3 Å². The lowest BCUT2D eigenvalue weighted by Gasteiger charge is -2.24. The molecule has 1 aliphatic rings. The first kappa shape index (κ1) is 19.9. The first-order valence-electron chi connectivity index (χ1n) is 9.43. The first-order valence-corrected chi connectivity index (χ1v) is 9.43. The number of carbonyl (C=O) groups excluding carboxylic acids is 2. The van der Waals surface area contributed by atoms with Gasteiger partial charge in [0.1, 0.15) is 0 Å². The van der Waals surface area contributed by atoms with E-state index >= 15 is 0 Å². The third-order valence-electron chi connectivity index (χ3n) is 4.51. The molecule has 1 saturated heterocycles. The first-order chi connectivity index (χ1) is 13.6. The van der Waals surface area contributed by atoms with E-state index in [2.05, 4.69) is 21.3 Å². The zero-order valence-corrected chi connectivity index (χ0v) is 15.9. The van der Waals surface area contributed by atoms with Gasteiger partial charge in [-0.2, -0.15) is 0 Å². The molecular formula is C21H26N4O3. The summed E-state index contributed by atoms with van der Waals surface area (Å²) in [6.07, 6.45) is 0.392. The molecule has 2 atom stereocenters. The third kappa shape index (κ3) is 6.07. The molecule has 1 aliphatic heterocycles. The Morgan fingerprint density at radius 2 is 1.75 bits per heavy atom. The van der Waals surface area contributed by atoms with Crippen molar-refractivity contribution in [2.24, 2.45) is 0 Å². The van der Waals surface area contributed by atoms with Crippen LogP contribution in [-0.4, -0.2) is 37.7 Å². The van der Waals surface area contributed by atoms with Crippen LogP contribution in [0.25, 0.3) is 0 Å². The second-order valence-electron chi connectivity index (χ2n) is 6.79. The summed E-state index contributed by atoms with van der Waals surface area (Å²) < 4.78 is 5.37. The predicted octanol–water partition coefficient (Wildman–Crippen LogP) is 2.89. The molecule has 3 amide bonds. The van der Waals surface area contributed by atoms with Crippen LogP contribution < -0.4 is 21.3 Å². The Hall–Kier alpha value is -2.90. The number of morpholine rings is 1. The molecule has 4 N–H and O–H groups in total. The highest BCUT2D eigenvalue weighted by Crippen LogP contribution is 2.17. The molecule has 7 nitrogen and oxygen atoms in total. The summed E-state index contributed by atoms with van der Waals surface area (Å²) in [7, 11) is 0. The summed E-state index contributed by atoms with van der Waals surface area (Å²) in [5.74, 6) is -0.0139. The van der Waals surface area contributed by atoms with E-state index in [0.29, 0.717) is 25.3 Å². The Morgan fingerprint density at radius 3 is 2.39 bits per heavy atom. The van der Waals surface area contributed by atoms with Gasteiger partial charge in [-0.3, -0.25) is 4.79 Å². The van der Waals surface area contributed by atoms with Crippen molar-refractivity contribution in [3.8, 4) is 0 Å². The number of benzene rings is 2. The fraction of sp³-hybridized carbons (Fsp3) is 0.333. The van der Waals surface area contributed by atoms with E-state index in [0.717, 1.165) is 17.8 Å². The third-order valence-corrected chi connectivity index (χ3v) is 4.51. The van der Waals surface area contributed by atoms with Gasteiger partial charge in [-0.15, -0.1) is 0 Å². The maximum atomic E-state index is 12.2. The van der Waals surface area contributed by atoms with Crippen LogP contribution in [0, 0.1) is 0 Å². The molecule has 2 unspecified atom stereocenters. The summed E-state index contributed by atoms with van der Waals surface area (Å²) in [5, 5.41) is 11.8. The van der Waals surface area contributed by atoms with Crippen molar-refractivity contribution in [1.29, 1.82) is 0 Å². The van der Waals surface area contributed by atoms with E-state index in [4.69, 9.17) is 4.74 Å². The topological polar surface area (TPSA) is 91.5 Å². The second-order valence-corrected chi connectivity index (χ2v) is 6.79. The maximum absolute atomic E-state index is 12.2. The molecule has 0 aliphatic carbocycles. The second kappa shape index (κ2) is 9.87. The Bertz CT molecular complexity index is 774. The van der Waals surface area contributed by atoms with Crippen LogP contribution in [0.4, 0.5) is 16.2 Å². The Morgan fingerprint density at radius 1 is 1.07 bits per heavy atom. The van der Waals surface area contributed by atoms with E-state index in [1.807, 2.05) is 61.5 Å². The van der Waals surface area contributed by atoms with Crippen molar-refractivity contribution in [3.63, 3.8) is 0 Å². The lowest BCUT2D eigenvalue weighted by atomic mass is 10.1. The summed E-state index contributed by atoms with van der Waals surface area (Å²) in [6.45, 7) is 3.97. The number of carbonyl (C=O) groups is 2. The van der Waals surface area contributed by atoms with Gasteiger partial charge in [0.15, 0.2) is 0 Å². The standard InChI is InChI=1S/C21H26N4O3/c1-15(23-20(26)13-19-14-28-12-11-22-19)16-7-9-18(10-8-16)25-21(27)24-17-5-3-2-4-6-17/h2-10,15,19,22H,11-14H2,1H3,(H,23,26)(H2,24,25,27). The van der Waals surface area contributed by atoms with Gasteiger partial charge >= 0.3 is 6.03 Å². The van der Waals surface area contributed by atoms with Crippen LogP contribution in [0.1, 0.15) is 24.9 Å². The SMILES string of the molecule is CC(NC(=O)CC1COCCN1)c1ccc(NC(=O)Nc2ccccc2)cc1. The van der Waals surface area contributed by atoms with Gasteiger partial charge in [-0.25, -0.2) is 4.79 Å². The van der Waals surface area contributed by atoms with Crippen LogP contribution >= 0.6 is 0 Å². The number of rotatable bonds is 6. The van der Waals surface area contributed by atoms with Gasteiger partial charge < -0.3 is 26.0 Å². The highest BCUT2D eigenvalue weighted by molar-refractivity contribution is 5.99. The van der Waals surface area contributed by atoms with Gasteiger partial charge in [0.25, 0.3) is 0 Å². The number of hydrogen-bond acceptors (Lipinski definition) is 4. The highest BCUT2D eigenvalue weighted by atomic mass is 16.5. The number of urea groups is 1. The van der Waals surface area contributed by atoms with Gasteiger partial charge in [0.2, 0.25) is 5.91 Å². The quantitative estimate of drug-likeness (QED) is 0.618. The molecule has 2 aromatic carbocycles. The Labute approximate surface area is 164 Å². The van der Waals surface area contributed by atoms with Gasteiger partial charge in [-0.05, 0) is 36.8 Å². The zero-order valence-electron chi connectivity index (χ0n) is 15.9. The molecule has 0 aromatic heterocycles. The van der Waals surface area contributed by atoms with Crippen LogP contribution in [0.15, 0.2) is 54.6 Å². The molecule has 1 heterocycles. The monoisotopic (exact) mass is 382 g/mol. The van der Waals surface area contributed by atoms with Crippen molar-refractivity contribution in [1.82, 2.24) is 10.6 Å². The maximum Gasteiger partial charge on any atom is 0.323 e. The van der Waals surface area contributed by atoms with E-state index in [-0.39, 0.29) is 24.0 Å². The number of anilines is 2. The van der Waals surface area contributed by atoms with Crippen LogP contribution in [0.3, 0.4) is 0 Å². The summed E-state index contributed by atoms with van der Waals surface area (Å²) >= 11 is 0. The fourth-order valence-corrected chi connectivity index (χ4v) is 3.03. The zero-order chi connectivity index (χ0) is 19.8. The van der Waals surface area contributed by atoms with Crippen LogP contribution in [-0.2, 0) is 9.53 Å². The van der Waals surface area contributed by atoms with Crippen molar-refractivity contribution >= 4 is 23.3 Å². The van der Waals surface area contributed by atoms with Crippen molar-refractivity contribution in [2.45, 2.75) is 25.4 Å². The molecule has 0 saturated carbocycles. The van der Waals surface area contributed by atoms with Crippen LogP contribution in [0.5, 0.6) is 0 Å². The van der Waals surface area contributed by atoms with Gasteiger partial charge in [0, 0.05) is 30.4 Å². The summed E-state index contributed by atoms with van der Waals surface area (Å²) in [6, 6.07) is 16.3. The minimum atomic E-state index is -0.303. The lowest BCUT2D eigenvalue weighted by molar-refractivity contribution is -0.122. The van der Waals surface area contributed by atoms with E-state index < -0.39 is 0 Å². The van der Waals surface area contributed by atoms with E-state index in [1.54, 1.807) is 0 Å². The van der Waals surface area contributed by atoms with Gasteiger partial charge in [0.05, 0.1) is 19.3 Å². The van der Waals surface area contributed by atoms with Crippen LogP contribution in [0.2, 0.25) is 0 Å². The minimum Gasteiger partial charge on any atom is -0.378 e. The molecule has 3 rings (SSSR count). The molecule has 7 heteroatoms. The molecular weight excluding hydrogens is 356 g/mol. The highest BCUT2D eigenvalue weighted by Gasteiger charge is 2.18. The Balaban J connectivity index is 1.47. The van der Waals surface area contributed by atoms with Crippen molar-refractivity contribution in [3.05, 3.63) is 60.2 Å². The molecule has 148 valence electrons. The predicted molar refractivity (Wildman–Crippen MR) is 109 cm³/mol. The van der Waals surface area contributed by atoms with E-state index in [1.165, 1.54) is 0 Å². The molecule has 0 radical (unpaired) electrons. The Kier molecular flexibility index (Phi) is 7.00. The largest absolute Gasteiger partial charge is 0.378 e.